The fraction of sp³-hybridized carbons (Fsp3) is 0.294. The van der Waals surface area contributed by atoms with Crippen LogP contribution in [0.1, 0.15) is 16.6 Å². The summed E-state index contributed by atoms with van der Waals surface area (Å²) in [6, 6.07) is 12.3. The third kappa shape index (κ3) is 3.15. The first-order valence-corrected chi connectivity index (χ1v) is 9.57. The van der Waals surface area contributed by atoms with Crippen LogP contribution in [0.3, 0.4) is 0 Å². The second-order valence-corrected chi connectivity index (χ2v) is 7.96. The molecule has 3 heterocycles. The SMILES string of the molecule is CC1CN(C(=O)c2cc3sc(Nc4ccccc4)nc3s2)CCN1. The molecule has 1 aromatic carbocycles. The van der Waals surface area contributed by atoms with Gasteiger partial charge in [0.15, 0.2) is 5.13 Å². The van der Waals surface area contributed by atoms with Crippen LogP contribution < -0.4 is 10.6 Å². The number of thiophene rings is 1. The molecule has 5 nitrogen and oxygen atoms in total. The number of para-hydroxylation sites is 1. The molecular formula is C17H18N4OS2. The molecule has 7 heteroatoms. The van der Waals surface area contributed by atoms with Crippen LogP contribution in [-0.2, 0) is 0 Å². The summed E-state index contributed by atoms with van der Waals surface area (Å²) in [6.07, 6.45) is 0. The molecule has 0 aliphatic carbocycles. The summed E-state index contributed by atoms with van der Waals surface area (Å²) in [7, 11) is 0. The Morgan fingerprint density at radius 2 is 2.17 bits per heavy atom. The molecule has 2 N–H and O–H groups in total. The molecule has 0 saturated carbocycles. The van der Waals surface area contributed by atoms with Crippen molar-refractivity contribution in [1.82, 2.24) is 15.2 Å². The molecule has 3 aromatic rings. The van der Waals surface area contributed by atoms with E-state index in [2.05, 4.69) is 22.5 Å². The Balaban J connectivity index is 1.52. The van der Waals surface area contributed by atoms with E-state index in [1.54, 1.807) is 11.3 Å². The third-order valence-corrected chi connectivity index (χ3v) is 6.05. The molecule has 0 spiro atoms. The van der Waals surface area contributed by atoms with Crippen molar-refractivity contribution in [2.75, 3.05) is 25.0 Å². The lowest BCUT2D eigenvalue weighted by molar-refractivity contribution is 0.0714. The topological polar surface area (TPSA) is 57.3 Å². The molecule has 1 aliphatic rings. The number of rotatable bonds is 3. The van der Waals surface area contributed by atoms with Crippen LogP contribution in [-0.4, -0.2) is 41.5 Å². The number of fused-ring (bicyclic) bond motifs is 1. The van der Waals surface area contributed by atoms with Gasteiger partial charge in [-0.15, -0.1) is 11.3 Å². The summed E-state index contributed by atoms with van der Waals surface area (Å²) < 4.78 is 1.06. The molecule has 1 unspecified atom stereocenters. The maximum Gasteiger partial charge on any atom is 0.264 e. The molecule has 2 aromatic heterocycles. The van der Waals surface area contributed by atoms with Gasteiger partial charge in [-0.1, -0.05) is 29.5 Å². The zero-order valence-corrected chi connectivity index (χ0v) is 14.9. The standard InChI is InChI=1S/C17H18N4OS2/c1-11-10-21(8-7-18-11)16(22)14-9-13-15(23-14)20-17(24-13)19-12-5-3-2-4-6-12/h2-6,9,11,18H,7-8,10H2,1H3,(H,19,20). The summed E-state index contributed by atoms with van der Waals surface area (Å²) in [4.78, 5) is 20.9. The molecule has 1 atom stereocenters. The number of carbonyl (C=O) groups excluding carboxylic acids is 1. The number of benzene rings is 1. The van der Waals surface area contributed by atoms with Crippen LogP contribution >= 0.6 is 22.7 Å². The zero-order valence-electron chi connectivity index (χ0n) is 13.3. The van der Waals surface area contributed by atoms with Crippen molar-refractivity contribution in [2.45, 2.75) is 13.0 Å². The largest absolute Gasteiger partial charge is 0.335 e. The van der Waals surface area contributed by atoms with E-state index in [0.29, 0.717) is 6.04 Å². The number of hydrogen-bond donors (Lipinski definition) is 2. The van der Waals surface area contributed by atoms with Crippen molar-refractivity contribution < 1.29 is 4.79 Å². The van der Waals surface area contributed by atoms with Gasteiger partial charge in [0.2, 0.25) is 0 Å². The number of hydrogen-bond acceptors (Lipinski definition) is 6. The van der Waals surface area contributed by atoms with Gasteiger partial charge >= 0.3 is 0 Å². The number of nitrogens with zero attached hydrogens (tertiary/aromatic N) is 2. The summed E-state index contributed by atoms with van der Waals surface area (Å²) >= 11 is 3.06. The first-order valence-electron chi connectivity index (χ1n) is 7.94. The summed E-state index contributed by atoms with van der Waals surface area (Å²) in [5.74, 6) is 0.121. The number of anilines is 2. The first kappa shape index (κ1) is 15.6. The van der Waals surface area contributed by atoms with E-state index in [1.165, 1.54) is 11.3 Å². The van der Waals surface area contributed by atoms with Crippen LogP contribution in [0.25, 0.3) is 9.53 Å². The first-order chi connectivity index (χ1) is 11.7. The minimum absolute atomic E-state index is 0.121. The lowest BCUT2D eigenvalue weighted by Crippen LogP contribution is -2.51. The minimum Gasteiger partial charge on any atom is -0.335 e. The van der Waals surface area contributed by atoms with Gasteiger partial charge in [-0.2, -0.15) is 0 Å². The van der Waals surface area contributed by atoms with Crippen LogP contribution in [0.2, 0.25) is 0 Å². The molecule has 1 amide bonds. The van der Waals surface area contributed by atoms with Crippen LogP contribution in [0, 0.1) is 0 Å². The second kappa shape index (κ2) is 6.51. The third-order valence-electron chi connectivity index (χ3n) is 3.98. The van der Waals surface area contributed by atoms with Gasteiger partial charge in [-0.3, -0.25) is 4.79 Å². The van der Waals surface area contributed by atoms with E-state index in [0.717, 1.165) is 44.9 Å². The average molecular weight is 358 g/mol. The molecule has 1 saturated heterocycles. The molecule has 0 bridgehead atoms. The number of nitrogens with one attached hydrogen (secondary N) is 2. The summed E-state index contributed by atoms with van der Waals surface area (Å²) in [5.41, 5.74) is 1.02. The van der Waals surface area contributed by atoms with E-state index in [-0.39, 0.29) is 5.91 Å². The minimum atomic E-state index is 0.121. The van der Waals surface area contributed by atoms with E-state index in [9.17, 15) is 4.79 Å². The predicted molar refractivity (Wildman–Crippen MR) is 101 cm³/mol. The quantitative estimate of drug-likeness (QED) is 0.752. The summed E-state index contributed by atoms with van der Waals surface area (Å²) in [6.45, 7) is 4.49. The van der Waals surface area contributed by atoms with Gasteiger partial charge in [0.1, 0.15) is 4.83 Å². The Morgan fingerprint density at radius 1 is 1.33 bits per heavy atom. The Hall–Kier alpha value is -1.96. The van der Waals surface area contributed by atoms with Gasteiger partial charge in [0, 0.05) is 31.4 Å². The van der Waals surface area contributed by atoms with Crippen molar-refractivity contribution in [2.24, 2.45) is 0 Å². The Morgan fingerprint density at radius 3 is 2.92 bits per heavy atom. The smallest absolute Gasteiger partial charge is 0.264 e. The highest BCUT2D eigenvalue weighted by atomic mass is 32.1. The van der Waals surface area contributed by atoms with E-state index < -0.39 is 0 Å². The molecule has 1 fully saturated rings. The van der Waals surface area contributed by atoms with Crippen molar-refractivity contribution >= 4 is 48.9 Å². The van der Waals surface area contributed by atoms with Gasteiger partial charge < -0.3 is 15.5 Å². The number of piperazine rings is 1. The Labute approximate surface area is 148 Å². The lowest BCUT2D eigenvalue weighted by Gasteiger charge is -2.31. The molecule has 124 valence electrons. The number of aromatic nitrogens is 1. The predicted octanol–water partition coefficient (Wildman–Crippen LogP) is 3.54. The van der Waals surface area contributed by atoms with Crippen LogP contribution in [0.5, 0.6) is 0 Å². The highest BCUT2D eigenvalue weighted by Crippen LogP contribution is 2.34. The molecular weight excluding hydrogens is 340 g/mol. The highest BCUT2D eigenvalue weighted by molar-refractivity contribution is 7.29. The van der Waals surface area contributed by atoms with E-state index in [1.807, 2.05) is 41.3 Å². The second-order valence-electron chi connectivity index (χ2n) is 5.90. The lowest BCUT2D eigenvalue weighted by atomic mass is 10.2. The number of amides is 1. The maximum atomic E-state index is 12.7. The number of thiazole rings is 1. The Kier molecular flexibility index (Phi) is 4.22. The van der Waals surface area contributed by atoms with Crippen molar-refractivity contribution in [3.8, 4) is 0 Å². The zero-order chi connectivity index (χ0) is 16.5. The fourth-order valence-electron chi connectivity index (χ4n) is 2.81. The van der Waals surface area contributed by atoms with E-state index in [4.69, 9.17) is 0 Å². The maximum absolute atomic E-state index is 12.7. The summed E-state index contributed by atoms with van der Waals surface area (Å²) in [5, 5.41) is 7.53. The van der Waals surface area contributed by atoms with Gasteiger partial charge in [0.05, 0.1) is 9.58 Å². The van der Waals surface area contributed by atoms with Crippen molar-refractivity contribution in [3.05, 3.63) is 41.3 Å². The highest BCUT2D eigenvalue weighted by Gasteiger charge is 2.23. The van der Waals surface area contributed by atoms with Gasteiger partial charge in [-0.25, -0.2) is 4.98 Å². The molecule has 4 rings (SSSR count). The van der Waals surface area contributed by atoms with Gasteiger partial charge in [-0.05, 0) is 25.1 Å². The van der Waals surface area contributed by atoms with Crippen LogP contribution in [0.15, 0.2) is 36.4 Å². The van der Waals surface area contributed by atoms with Crippen LogP contribution in [0.4, 0.5) is 10.8 Å². The molecule has 0 radical (unpaired) electrons. The van der Waals surface area contributed by atoms with Gasteiger partial charge in [0.25, 0.3) is 5.91 Å². The molecule has 24 heavy (non-hydrogen) atoms. The Bertz CT molecular complexity index is 826. The van der Waals surface area contributed by atoms with Crippen molar-refractivity contribution in [3.63, 3.8) is 0 Å². The number of carbonyl (C=O) groups is 1. The molecule has 1 aliphatic heterocycles. The average Bonchev–Trinajstić information content (AvgIpc) is 3.13. The van der Waals surface area contributed by atoms with Crippen molar-refractivity contribution in [1.29, 1.82) is 0 Å². The fourth-order valence-corrected chi connectivity index (χ4v) is 4.92. The normalized spacial score (nSPS) is 18.0. The monoisotopic (exact) mass is 358 g/mol. The van der Waals surface area contributed by atoms with E-state index >= 15 is 0 Å².